The van der Waals surface area contributed by atoms with Crippen LogP contribution in [0.3, 0.4) is 0 Å². The van der Waals surface area contributed by atoms with Crippen LogP contribution in [0.5, 0.6) is 0 Å². The number of carboxylic acid groups (broad SMARTS) is 1. The van der Waals surface area contributed by atoms with Gasteiger partial charge in [0.2, 0.25) is 5.91 Å². The van der Waals surface area contributed by atoms with Gasteiger partial charge in [0.25, 0.3) is 0 Å². The number of benzene rings is 2. The molecule has 1 aliphatic carbocycles. The summed E-state index contributed by atoms with van der Waals surface area (Å²) in [6.07, 6.45) is 0.209. The topological polar surface area (TPSA) is 105 Å². The summed E-state index contributed by atoms with van der Waals surface area (Å²) in [5.41, 5.74) is 4.56. The molecule has 0 fully saturated rings. The van der Waals surface area contributed by atoms with Crippen LogP contribution in [0.25, 0.3) is 11.1 Å². The summed E-state index contributed by atoms with van der Waals surface area (Å²) < 4.78 is 5.51. The number of hydrogen-bond acceptors (Lipinski definition) is 4. The van der Waals surface area contributed by atoms with E-state index in [2.05, 4.69) is 34.9 Å². The zero-order valence-corrected chi connectivity index (χ0v) is 19.3. The van der Waals surface area contributed by atoms with E-state index in [1.807, 2.05) is 45.0 Å². The second kappa shape index (κ2) is 11.0. The number of aliphatic carboxylic acids is 1. The Kier molecular flexibility index (Phi) is 8.09. The van der Waals surface area contributed by atoms with Crippen molar-refractivity contribution in [3.05, 3.63) is 59.7 Å². The standard InChI is InChI=1S/C26H32N2O5/c1-4-17(24(29)28-23(25(30)31)13-16(2)3)14-27-26(32)33-15-22-20-11-7-5-9-18(20)19-10-6-8-12-21(19)22/h5-12,16-17,22-23H,4,13-15H2,1-3H3,(H,27,32)(H,28,29)(H,30,31). The molecule has 0 saturated carbocycles. The molecule has 7 heteroatoms. The van der Waals surface area contributed by atoms with E-state index >= 15 is 0 Å². The van der Waals surface area contributed by atoms with Gasteiger partial charge in [-0.25, -0.2) is 9.59 Å². The fourth-order valence-electron chi connectivity index (χ4n) is 4.26. The van der Waals surface area contributed by atoms with E-state index in [4.69, 9.17) is 4.74 Å². The molecule has 0 bridgehead atoms. The normalized spacial score (nSPS) is 14.2. The van der Waals surface area contributed by atoms with Crippen molar-refractivity contribution in [1.29, 1.82) is 0 Å². The number of nitrogens with one attached hydrogen (secondary N) is 2. The summed E-state index contributed by atoms with van der Waals surface area (Å²) >= 11 is 0. The molecule has 1 aliphatic rings. The third-order valence-electron chi connectivity index (χ3n) is 6.02. The van der Waals surface area contributed by atoms with Crippen LogP contribution in [0.15, 0.2) is 48.5 Å². The average molecular weight is 453 g/mol. The number of ether oxygens (including phenoxy) is 1. The third kappa shape index (κ3) is 5.92. The maximum absolute atomic E-state index is 12.6. The highest BCUT2D eigenvalue weighted by Crippen LogP contribution is 2.44. The largest absolute Gasteiger partial charge is 0.480 e. The molecule has 0 aromatic heterocycles. The Bertz CT molecular complexity index is 958. The second-order valence-corrected chi connectivity index (χ2v) is 8.84. The number of rotatable bonds is 10. The molecule has 3 N–H and O–H groups in total. The third-order valence-corrected chi connectivity index (χ3v) is 6.02. The molecule has 33 heavy (non-hydrogen) atoms. The van der Waals surface area contributed by atoms with Crippen LogP contribution in [0.4, 0.5) is 4.79 Å². The van der Waals surface area contributed by atoms with E-state index in [0.717, 1.165) is 22.3 Å². The predicted octanol–water partition coefficient (Wildman–Crippen LogP) is 4.17. The summed E-state index contributed by atoms with van der Waals surface area (Å²) in [6, 6.07) is 15.3. The SMILES string of the molecule is CCC(CNC(=O)OCC1c2ccccc2-c2ccccc21)C(=O)NC(CC(C)C)C(=O)O. The first-order valence-electron chi connectivity index (χ1n) is 11.4. The molecule has 176 valence electrons. The fourth-order valence-corrected chi connectivity index (χ4v) is 4.26. The molecular weight excluding hydrogens is 420 g/mol. The van der Waals surface area contributed by atoms with Crippen molar-refractivity contribution in [2.75, 3.05) is 13.2 Å². The van der Waals surface area contributed by atoms with Crippen molar-refractivity contribution < 1.29 is 24.2 Å². The lowest BCUT2D eigenvalue weighted by Crippen LogP contribution is -2.46. The van der Waals surface area contributed by atoms with E-state index in [9.17, 15) is 19.5 Å². The Hall–Kier alpha value is -3.35. The quantitative estimate of drug-likeness (QED) is 0.502. The van der Waals surface area contributed by atoms with Crippen molar-refractivity contribution in [3.8, 4) is 11.1 Å². The van der Waals surface area contributed by atoms with Crippen molar-refractivity contribution in [2.24, 2.45) is 11.8 Å². The van der Waals surface area contributed by atoms with Crippen LogP contribution >= 0.6 is 0 Å². The number of carboxylic acids is 1. The van der Waals surface area contributed by atoms with Gasteiger partial charge in [0, 0.05) is 12.5 Å². The number of carbonyl (C=O) groups excluding carboxylic acids is 2. The van der Waals surface area contributed by atoms with Crippen LogP contribution in [0.2, 0.25) is 0 Å². The minimum atomic E-state index is -1.06. The minimum absolute atomic E-state index is 0.0409. The number of carbonyl (C=O) groups is 3. The molecule has 2 aromatic rings. The maximum Gasteiger partial charge on any atom is 0.407 e. The van der Waals surface area contributed by atoms with E-state index in [1.165, 1.54) is 0 Å². The molecule has 0 radical (unpaired) electrons. The van der Waals surface area contributed by atoms with Gasteiger partial charge in [-0.05, 0) is 41.0 Å². The van der Waals surface area contributed by atoms with Crippen molar-refractivity contribution >= 4 is 18.0 Å². The van der Waals surface area contributed by atoms with E-state index in [-0.39, 0.29) is 30.9 Å². The van der Waals surface area contributed by atoms with Gasteiger partial charge in [0.15, 0.2) is 0 Å². The number of amides is 2. The molecule has 0 saturated heterocycles. The summed E-state index contributed by atoms with van der Waals surface area (Å²) in [5.74, 6) is -1.90. The summed E-state index contributed by atoms with van der Waals surface area (Å²) in [7, 11) is 0. The molecule has 0 spiro atoms. The lowest BCUT2D eigenvalue weighted by molar-refractivity contribution is -0.143. The van der Waals surface area contributed by atoms with E-state index in [1.54, 1.807) is 0 Å². The van der Waals surface area contributed by atoms with Gasteiger partial charge >= 0.3 is 12.1 Å². The highest BCUT2D eigenvalue weighted by molar-refractivity contribution is 5.85. The van der Waals surface area contributed by atoms with Crippen LogP contribution in [0, 0.1) is 11.8 Å². The average Bonchev–Trinajstić information content (AvgIpc) is 3.11. The predicted molar refractivity (Wildman–Crippen MR) is 126 cm³/mol. The summed E-state index contributed by atoms with van der Waals surface area (Å²) in [5, 5.41) is 14.6. The molecule has 7 nitrogen and oxygen atoms in total. The van der Waals surface area contributed by atoms with Gasteiger partial charge < -0.3 is 20.5 Å². The fraction of sp³-hybridized carbons (Fsp3) is 0.423. The Morgan fingerprint density at radius 1 is 1.00 bits per heavy atom. The van der Waals surface area contributed by atoms with Gasteiger partial charge in [0.1, 0.15) is 12.6 Å². The number of hydrogen-bond donors (Lipinski definition) is 3. The number of alkyl carbamates (subject to hydrolysis) is 1. The van der Waals surface area contributed by atoms with Gasteiger partial charge in [-0.2, -0.15) is 0 Å². The molecule has 3 rings (SSSR count). The summed E-state index contributed by atoms with van der Waals surface area (Å²) in [6.45, 7) is 5.89. The van der Waals surface area contributed by atoms with Gasteiger partial charge in [-0.3, -0.25) is 4.79 Å². The molecule has 0 heterocycles. The minimum Gasteiger partial charge on any atom is -0.480 e. The lowest BCUT2D eigenvalue weighted by atomic mass is 9.98. The zero-order chi connectivity index (χ0) is 24.0. The van der Waals surface area contributed by atoms with Crippen molar-refractivity contribution in [3.63, 3.8) is 0 Å². The first-order valence-corrected chi connectivity index (χ1v) is 11.4. The molecule has 2 aromatic carbocycles. The zero-order valence-electron chi connectivity index (χ0n) is 19.3. The van der Waals surface area contributed by atoms with Crippen LogP contribution in [0.1, 0.15) is 50.7 Å². The highest BCUT2D eigenvalue weighted by atomic mass is 16.5. The van der Waals surface area contributed by atoms with Crippen LogP contribution < -0.4 is 10.6 Å². The smallest absolute Gasteiger partial charge is 0.407 e. The van der Waals surface area contributed by atoms with Crippen LogP contribution in [-0.4, -0.2) is 42.3 Å². The monoisotopic (exact) mass is 452 g/mol. The molecule has 2 unspecified atom stereocenters. The van der Waals surface area contributed by atoms with E-state index < -0.39 is 24.0 Å². The highest BCUT2D eigenvalue weighted by Gasteiger charge is 2.29. The first kappa shape index (κ1) is 24.3. The molecular formula is C26H32N2O5. The first-order chi connectivity index (χ1) is 15.8. The van der Waals surface area contributed by atoms with Gasteiger partial charge in [-0.1, -0.05) is 69.3 Å². The van der Waals surface area contributed by atoms with Crippen molar-refractivity contribution in [1.82, 2.24) is 10.6 Å². The Labute approximate surface area is 194 Å². The lowest BCUT2D eigenvalue weighted by Gasteiger charge is -2.21. The Morgan fingerprint density at radius 2 is 1.58 bits per heavy atom. The Morgan fingerprint density at radius 3 is 2.09 bits per heavy atom. The Balaban J connectivity index is 1.55. The van der Waals surface area contributed by atoms with E-state index in [0.29, 0.717) is 12.8 Å². The molecule has 2 atom stereocenters. The molecule has 0 aliphatic heterocycles. The second-order valence-electron chi connectivity index (χ2n) is 8.84. The maximum atomic E-state index is 12.6. The van der Waals surface area contributed by atoms with Gasteiger partial charge in [-0.15, -0.1) is 0 Å². The van der Waals surface area contributed by atoms with Crippen LogP contribution in [-0.2, 0) is 14.3 Å². The van der Waals surface area contributed by atoms with Crippen molar-refractivity contribution in [2.45, 2.75) is 45.6 Å². The number of fused-ring (bicyclic) bond motifs is 3. The molecule has 2 amide bonds. The summed E-state index contributed by atoms with van der Waals surface area (Å²) in [4.78, 5) is 36.4. The van der Waals surface area contributed by atoms with Gasteiger partial charge in [0.05, 0.1) is 5.92 Å².